The third-order valence-electron chi connectivity index (χ3n) is 3.12. The van der Waals surface area contributed by atoms with Crippen LogP contribution >= 0.6 is 0 Å². The molecule has 0 aromatic heterocycles. The Morgan fingerprint density at radius 1 is 1.38 bits per heavy atom. The molecule has 2 N–H and O–H groups in total. The van der Waals surface area contributed by atoms with Crippen LogP contribution in [0.25, 0.3) is 0 Å². The lowest BCUT2D eigenvalue weighted by Gasteiger charge is -2.23. The zero-order valence-corrected chi connectivity index (χ0v) is 9.13. The molecule has 1 saturated carbocycles. The van der Waals surface area contributed by atoms with E-state index in [4.69, 9.17) is 5.73 Å². The van der Waals surface area contributed by atoms with E-state index in [0.29, 0.717) is 6.04 Å². The summed E-state index contributed by atoms with van der Waals surface area (Å²) in [6.45, 7) is 4.48. The van der Waals surface area contributed by atoms with Crippen molar-refractivity contribution >= 4 is 0 Å². The molecule has 0 heterocycles. The maximum Gasteiger partial charge on any atom is 0.0165 e. The molecule has 0 radical (unpaired) electrons. The van der Waals surface area contributed by atoms with Gasteiger partial charge in [0.25, 0.3) is 0 Å². The minimum absolute atomic E-state index is 0.367. The van der Waals surface area contributed by atoms with Gasteiger partial charge in [0.05, 0.1) is 0 Å². The van der Waals surface area contributed by atoms with Gasteiger partial charge in [0, 0.05) is 19.1 Å². The molecular formula is C11H24N2. The molecule has 2 heteroatoms. The van der Waals surface area contributed by atoms with Crippen molar-refractivity contribution in [1.29, 1.82) is 0 Å². The highest BCUT2D eigenvalue weighted by Crippen LogP contribution is 2.25. The van der Waals surface area contributed by atoms with Gasteiger partial charge in [-0.15, -0.1) is 0 Å². The summed E-state index contributed by atoms with van der Waals surface area (Å²) in [5, 5.41) is 0. The largest absolute Gasteiger partial charge is 0.327 e. The molecule has 0 aromatic rings. The van der Waals surface area contributed by atoms with Gasteiger partial charge in [-0.3, -0.25) is 0 Å². The molecule has 1 aliphatic carbocycles. The van der Waals surface area contributed by atoms with Crippen LogP contribution in [-0.4, -0.2) is 31.1 Å². The third kappa shape index (κ3) is 4.10. The van der Waals surface area contributed by atoms with Crippen molar-refractivity contribution in [2.45, 2.75) is 45.1 Å². The van der Waals surface area contributed by atoms with E-state index >= 15 is 0 Å². The van der Waals surface area contributed by atoms with Crippen molar-refractivity contribution < 1.29 is 0 Å². The van der Waals surface area contributed by atoms with Crippen LogP contribution < -0.4 is 5.73 Å². The van der Waals surface area contributed by atoms with Crippen molar-refractivity contribution in [3.05, 3.63) is 0 Å². The number of nitrogens with two attached hydrogens (primary N) is 1. The Morgan fingerprint density at radius 3 is 2.54 bits per heavy atom. The summed E-state index contributed by atoms with van der Waals surface area (Å²) in [6.07, 6.45) is 6.85. The van der Waals surface area contributed by atoms with Crippen LogP contribution in [0.5, 0.6) is 0 Å². The highest BCUT2D eigenvalue weighted by Gasteiger charge is 2.17. The van der Waals surface area contributed by atoms with Crippen LogP contribution in [0.3, 0.4) is 0 Å². The lowest BCUT2D eigenvalue weighted by Crippen LogP contribution is -2.36. The molecule has 0 aliphatic heterocycles. The van der Waals surface area contributed by atoms with E-state index < -0.39 is 0 Å². The molecule has 0 aromatic carbocycles. The number of rotatable bonds is 5. The van der Waals surface area contributed by atoms with Crippen molar-refractivity contribution in [3.63, 3.8) is 0 Å². The van der Waals surface area contributed by atoms with E-state index in [0.717, 1.165) is 18.9 Å². The number of nitrogens with zero attached hydrogens (tertiary/aromatic N) is 1. The number of hydrogen-bond acceptors (Lipinski definition) is 2. The van der Waals surface area contributed by atoms with Gasteiger partial charge in [-0.25, -0.2) is 0 Å². The average molecular weight is 184 g/mol. The van der Waals surface area contributed by atoms with Gasteiger partial charge in [-0.05, 0) is 32.2 Å². The zero-order valence-electron chi connectivity index (χ0n) is 9.13. The Hall–Kier alpha value is -0.0800. The first-order valence-corrected chi connectivity index (χ1v) is 5.66. The molecular weight excluding hydrogens is 160 g/mol. The second-order valence-corrected chi connectivity index (χ2v) is 4.54. The SMILES string of the molecule is CCC(N)CN(C)CC1CCCC1. The van der Waals surface area contributed by atoms with Crippen LogP contribution in [0.1, 0.15) is 39.0 Å². The Labute approximate surface area is 82.5 Å². The molecule has 2 nitrogen and oxygen atoms in total. The van der Waals surface area contributed by atoms with Gasteiger partial charge in [-0.2, -0.15) is 0 Å². The first-order valence-electron chi connectivity index (χ1n) is 5.66. The first-order chi connectivity index (χ1) is 6.22. The molecule has 78 valence electrons. The summed E-state index contributed by atoms with van der Waals surface area (Å²) in [4.78, 5) is 2.41. The number of hydrogen-bond donors (Lipinski definition) is 1. The lowest BCUT2D eigenvalue weighted by atomic mass is 10.1. The maximum absolute atomic E-state index is 5.91. The van der Waals surface area contributed by atoms with Gasteiger partial charge in [0.1, 0.15) is 0 Å². The number of likely N-dealkylation sites (N-methyl/N-ethyl adjacent to an activating group) is 1. The van der Waals surface area contributed by atoms with Gasteiger partial charge in [-0.1, -0.05) is 19.8 Å². The predicted molar refractivity (Wildman–Crippen MR) is 57.7 cm³/mol. The molecule has 0 spiro atoms. The van der Waals surface area contributed by atoms with E-state index in [9.17, 15) is 0 Å². The van der Waals surface area contributed by atoms with E-state index in [1.165, 1.54) is 32.2 Å². The first kappa shape index (κ1) is 11.0. The third-order valence-corrected chi connectivity index (χ3v) is 3.12. The summed E-state index contributed by atoms with van der Waals surface area (Å²) in [7, 11) is 2.20. The molecule has 0 amide bonds. The molecule has 1 fully saturated rings. The molecule has 1 unspecified atom stereocenters. The van der Waals surface area contributed by atoms with Crippen molar-refractivity contribution in [2.24, 2.45) is 11.7 Å². The standard InChI is InChI=1S/C11H24N2/c1-3-11(12)9-13(2)8-10-6-4-5-7-10/h10-11H,3-9,12H2,1-2H3. The normalized spacial score (nSPS) is 21.2. The smallest absolute Gasteiger partial charge is 0.0165 e. The molecule has 0 bridgehead atoms. The van der Waals surface area contributed by atoms with E-state index in [2.05, 4.69) is 18.9 Å². The fourth-order valence-electron chi connectivity index (χ4n) is 2.24. The van der Waals surface area contributed by atoms with Crippen LogP contribution in [0.2, 0.25) is 0 Å². The van der Waals surface area contributed by atoms with Gasteiger partial charge in [0.2, 0.25) is 0 Å². The van der Waals surface area contributed by atoms with E-state index in [1.807, 2.05) is 0 Å². The topological polar surface area (TPSA) is 29.3 Å². The Bertz CT molecular complexity index is 130. The lowest BCUT2D eigenvalue weighted by molar-refractivity contribution is 0.261. The Kier molecular flexibility index (Phi) is 4.74. The van der Waals surface area contributed by atoms with Crippen LogP contribution in [0.15, 0.2) is 0 Å². The molecule has 1 atom stereocenters. The van der Waals surface area contributed by atoms with Crippen LogP contribution in [0, 0.1) is 5.92 Å². The molecule has 13 heavy (non-hydrogen) atoms. The predicted octanol–water partition coefficient (Wildman–Crippen LogP) is 1.85. The Morgan fingerprint density at radius 2 is 2.00 bits per heavy atom. The highest BCUT2D eigenvalue weighted by molar-refractivity contribution is 4.72. The van der Waals surface area contributed by atoms with Crippen LogP contribution in [-0.2, 0) is 0 Å². The van der Waals surface area contributed by atoms with Crippen LogP contribution in [0.4, 0.5) is 0 Å². The van der Waals surface area contributed by atoms with Crippen molar-refractivity contribution in [1.82, 2.24) is 4.90 Å². The summed E-state index contributed by atoms with van der Waals surface area (Å²) in [5.74, 6) is 0.953. The minimum atomic E-state index is 0.367. The van der Waals surface area contributed by atoms with Gasteiger partial charge < -0.3 is 10.6 Å². The summed E-state index contributed by atoms with van der Waals surface area (Å²) >= 11 is 0. The quantitative estimate of drug-likeness (QED) is 0.706. The molecule has 0 saturated heterocycles. The van der Waals surface area contributed by atoms with E-state index in [-0.39, 0.29) is 0 Å². The zero-order chi connectivity index (χ0) is 9.68. The second-order valence-electron chi connectivity index (χ2n) is 4.54. The summed E-state index contributed by atoms with van der Waals surface area (Å²) in [6, 6.07) is 0.367. The van der Waals surface area contributed by atoms with E-state index in [1.54, 1.807) is 0 Å². The summed E-state index contributed by atoms with van der Waals surface area (Å²) in [5.41, 5.74) is 5.91. The van der Waals surface area contributed by atoms with Gasteiger partial charge >= 0.3 is 0 Å². The molecule has 1 aliphatic rings. The average Bonchev–Trinajstić information content (AvgIpc) is 2.56. The highest BCUT2D eigenvalue weighted by atomic mass is 15.1. The second kappa shape index (κ2) is 5.61. The summed E-state index contributed by atoms with van der Waals surface area (Å²) < 4.78 is 0. The fraction of sp³-hybridized carbons (Fsp3) is 1.00. The minimum Gasteiger partial charge on any atom is -0.327 e. The maximum atomic E-state index is 5.91. The van der Waals surface area contributed by atoms with Crippen molar-refractivity contribution in [2.75, 3.05) is 20.1 Å². The van der Waals surface area contributed by atoms with Gasteiger partial charge in [0.15, 0.2) is 0 Å². The Balaban J connectivity index is 2.12. The fourth-order valence-corrected chi connectivity index (χ4v) is 2.24. The monoisotopic (exact) mass is 184 g/mol. The molecule has 1 rings (SSSR count). The van der Waals surface area contributed by atoms with Crippen molar-refractivity contribution in [3.8, 4) is 0 Å².